The van der Waals surface area contributed by atoms with Gasteiger partial charge in [-0.2, -0.15) is 10.1 Å². The van der Waals surface area contributed by atoms with Gasteiger partial charge in [-0.15, -0.1) is 0 Å². The molecule has 3 aromatic rings. The number of nitrogens with zero attached hydrogens (tertiary/aromatic N) is 5. The van der Waals surface area contributed by atoms with Crippen LogP contribution in [0.4, 0.5) is 0 Å². The number of likely N-dealkylation sites (N-methyl/N-ethyl adjacent to an activating group) is 1. The molecule has 3 heterocycles. The van der Waals surface area contributed by atoms with E-state index in [4.69, 9.17) is 4.52 Å². The van der Waals surface area contributed by atoms with E-state index in [0.29, 0.717) is 5.89 Å². The Hall–Kier alpha value is -2.51. The van der Waals surface area contributed by atoms with Gasteiger partial charge in [0.1, 0.15) is 0 Å². The van der Waals surface area contributed by atoms with Gasteiger partial charge in [0.2, 0.25) is 0 Å². The summed E-state index contributed by atoms with van der Waals surface area (Å²) in [6.07, 6.45) is 1.80. The SMILES string of the molecule is Cc1c(-c2nc(C3CNCCN3C)no2)cnn1Cc1ccccc1. The fourth-order valence-corrected chi connectivity index (χ4v) is 3.15. The van der Waals surface area contributed by atoms with Crippen LogP contribution in [0.15, 0.2) is 41.1 Å². The Bertz CT molecular complexity index is 840. The van der Waals surface area contributed by atoms with Crippen LogP contribution < -0.4 is 5.32 Å². The fraction of sp³-hybridized carbons (Fsp3) is 0.389. The Morgan fingerprint density at radius 2 is 2.12 bits per heavy atom. The van der Waals surface area contributed by atoms with Gasteiger partial charge < -0.3 is 9.84 Å². The quantitative estimate of drug-likeness (QED) is 0.783. The molecule has 25 heavy (non-hydrogen) atoms. The Morgan fingerprint density at radius 1 is 1.28 bits per heavy atom. The summed E-state index contributed by atoms with van der Waals surface area (Å²) in [5.41, 5.74) is 3.12. The largest absolute Gasteiger partial charge is 0.334 e. The lowest BCUT2D eigenvalue weighted by atomic mass is 10.2. The minimum atomic E-state index is 0.144. The van der Waals surface area contributed by atoms with Gasteiger partial charge in [-0.1, -0.05) is 35.5 Å². The van der Waals surface area contributed by atoms with E-state index in [1.165, 1.54) is 5.56 Å². The van der Waals surface area contributed by atoms with Crippen molar-refractivity contribution in [2.24, 2.45) is 0 Å². The van der Waals surface area contributed by atoms with Gasteiger partial charge in [0.05, 0.1) is 24.3 Å². The number of hydrogen-bond donors (Lipinski definition) is 1. The molecule has 7 nitrogen and oxygen atoms in total. The van der Waals surface area contributed by atoms with Crippen molar-refractivity contribution in [3.05, 3.63) is 53.6 Å². The molecule has 1 aliphatic heterocycles. The van der Waals surface area contributed by atoms with E-state index in [9.17, 15) is 0 Å². The van der Waals surface area contributed by atoms with Crippen LogP contribution in [-0.4, -0.2) is 51.5 Å². The molecule has 7 heteroatoms. The Kier molecular flexibility index (Phi) is 4.33. The van der Waals surface area contributed by atoms with Crippen LogP contribution in [0.2, 0.25) is 0 Å². The third-order valence-electron chi connectivity index (χ3n) is 4.76. The summed E-state index contributed by atoms with van der Waals surface area (Å²) in [6.45, 7) is 5.56. The summed E-state index contributed by atoms with van der Waals surface area (Å²) in [4.78, 5) is 6.87. The van der Waals surface area contributed by atoms with Crippen molar-refractivity contribution in [3.63, 3.8) is 0 Å². The molecule has 1 atom stereocenters. The molecule has 1 fully saturated rings. The predicted octanol–water partition coefficient (Wildman–Crippen LogP) is 1.87. The van der Waals surface area contributed by atoms with E-state index in [0.717, 1.165) is 43.3 Å². The van der Waals surface area contributed by atoms with Crippen LogP contribution in [0.1, 0.15) is 23.1 Å². The molecule has 2 aromatic heterocycles. The highest BCUT2D eigenvalue weighted by molar-refractivity contribution is 5.55. The summed E-state index contributed by atoms with van der Waals surface area (Å²) in [7, 11) is 2.09. The molecular weight excluding hydrogens is 316 g/mol. The topological polar surface area (TPSA) is 72.0 Å². The number of hydrogen-bond acceptors (Lipinski definition) is 6. The second-order valence-corrected chi connectivity index (χ2v) is 6.45. The number of rotatable bonds is 4. The summed E-state index contributed by atoms with van der Waals surface area (Å²) in [5.74, 6) is 1.26. The van der Waals surface area contributed by atoms with Crippen molar-refractivity contribution in [3.8, 4) is 11.5 Å². The van der Waals surface area contributed by atoms with E-state index < -0.39 is 0 Å². The van der Waals surface area contributed by atoms with E-state index >= 15 is 0 Å². The summed E-state index contributed by atoms with van der Waals surface area (Å²) in [6, 6.07) is 10.4. The van der Waals surface area contributed by atoms with Gasteiger partial charge in [-0.05, 0) is 19.5 Å². The van der Waals surface area contributed by atoms with Gasteiger partial charge in [0.15, 0.2) is 5.82 Å². The zero-order valence-corrected chi connectivity index (χ0v) is 14.5. The first-order chi connectivity index (χ1) is 12.2. The highest BCUT2D eigenvalue weighted by atomic mass is 16.5. The number of aromatic nitrogens is 4. The van der Waals surface area contributed by atoms with Crippen LogP contribution in [0.25, 0.3) is 11.5 Å². The van der Waals surface area contributed by atoms with Crippen LogP contribution >= 0.6 is 0 Å². The van der Waals surface area contributed by atoms with Gasteiger partial charge >= 0.3 is 0 Å². The molecule has 1 unspecified atom stereocenters. The Morgan fingerprint density at radius 3 is 2.92 bits per heavy atom. The smallest absolute Gasteiger partial charge is 0.261 e. The van der Waals surface area contributed by atoms with E-state index in [-0.39, 0.29) is 6.04 Å². The molecule has 0 saturated carbocycles. The van der Waals surface area contributed by atoms with E-state index in [1.54, 1.807) is 6.20 Å². The minimum absolute atomic E-state index is 0.144. The van der Waals surface area contributed by atoms with Crippen LogP contribution in [0.5, 0.6) is 0 Å². The molecule has 130 valence electrons. The van der Waals surface area contributed by atoms with Crippen molar-refractivity contribution in [1.29, 1.82) is 0 Å². The molecule has 0 bridgehead atoms. The summed E-state index contributed by atoms with van der Waals surface area (Å²) < 4.78 is 7.49. The molecular formula is C18H22N6O. The molecule has 4 rings (SSSR count). The maximum absolute atomic E-state index is 5.53. The zero-order chi connectivity index (χ0) is 17.2. The third-order valence-corrected chi connectivity index (χ3v) is 4.76. The first-order valence-electron chi connectivity index (χ1n) is 8.53. The van der Waals surface area contributed by atoms with Crippen molar-refractivity contribution in [2.45, 2.75) is 19.5 Å². The lowest BCUT2D eigenvalue weighted by Gasteiger charge is -2.30. The predicted molar refractivity (Wildman–Crippen MR) is 94.0 cm³/mol. The van der Waals surface area contributed by atoms with Gasteiger partial charge in [-0.3, -0.25) is 9.58 Å². The second-order valence-electron chi connectivity index (χ2n) is 6.45. The van der Waals surface area contributed by atoms with Gasteiger partial charge in [0, 0.05) is 25.3 Å². The molecule has 1 aliphatic rings. The van der Waals surface area contributed by atoms with Crippen LogP contribution in [0.3, 0.4) is 0 Å². The maximum Gasteiger partial charge on any atom is 0.261 e. The van der Waals surface area contributed by atoms with Crippen LogP contribution in [-0.2, 0) is 6.54 Å². The molecule has 0 amide bonds. The lowest BCUT2D eigenvalue weighted by Crippen LogP contribution is -2.44. The Balaban J connectivity index is 1.56. The van der Waals surface area contributed by atoms with Crippen molar-refractivity contribution in [1.82, 2.24) is 30.1 Å². The third kappa shape index (κ3) is 3.20. The summed E-state index contributed by atoms with van der Waals surface area (Å²) in [5, 5.41) is 12.1. The summed E-state index contributed by atoms with van der Waals surface area (Å²) >= 11 is 0. The first-order valence-corrected chi connectivity index (χ1v) is 8.53. The minimum Gasteiger partial charge on any atom is -0.334 e. The number of benzene rings is 1. The number of piperazine rings is 1. The van der Waals surface area contributed by atoms with Crippen LogP contribution in [0, 0.1) is 6.92 Å². The van der Waals surface area contributed by atoms with Crippen molar-refractivity contribution >= 4 is 0 Å². The maximum atomic E-state index is 5.53. The second kappa shape index (κ2) is 6.78. The average Bonchev–Trinajstić information content (AvgIpc) is 3.24. The Labute approximate surface area is 146 Å². The van der Waals surface area contributed by atoms with Crippen molar-refractivity contribution < 1.29 is 4.52 Å². The fourth-order valence-electron chi connectivity index (χ4n) is 3.15. The molecule has 0 radical (unpaired) electrons. The average molecular weight is 338 g/mol. The van der Waals surface area contributed by atoms with Gasteiger partial charge in [-0.25, -0.2) is 0 Å². The number of nitrogens with one attached hydrogen (secondary N) is 1. The first kappa shape index (κ1) is 16.0. The van der Waals surface area contributed by atoms with E-state index in [2.05, 4.69) is 44.6 Å². The highest BCUT2D eigenvalue weighted by Gasteiger charge is 2.26. The monoisotopic (exact) mass is 338 g/mol. The zero-order valence-electron chi connectivity index (χ0n) is 14.5. The highest BCUT2D eigenvalue weighted by Crippen LogP contribution is 2.25. The van der Waals surface area contributed by atoms with Gasteiger partial charge in [0.25, 0.3) is 5.89 Å². The molecule has 1 saturated heterocycles. The molecule has 1 aromatic carbocycles. The normalized spacial score (nSPS) is 18.6. The molecule has 1 N–H and O–H groups in total. The molecule has 0 aliphatic carbocycles. The van der Waals surface area contributed by atoms with E-state index in [1.807, 2.05) is 29.8 Å². The van der Waals surface area contributed by atoms with Crippen molar-refractivity contribution in [2.75, 3.05) is 26.7 Å². The molecule has 0 spiro atoms. The lowest BCUT2D eigenvalue weighted by molar-refractivity contribution is 0.190. The standard InChI is InChI=1S/C18H22N6O/c1-13-15(10-20-24(13)12-14-6-4-3-5-7-14)18-21-17(22-25-18)16-11-19-8-9-23(16)2/h3-7,10,16,19H,8-9,11-12H2,1-2H3.